The third kappa shape index (κ3) is 3.02. The topological polar surface area (TPSA) is 60.2 Å². The number of piperidine rings is 1. The summed E-state index contributed by atoms with van der Waals surface area (Å²) < 4.78 is 10.5. The summed E-state index contributed by atoms with van der Waals surface area (Å²) >= 11 is 0. The molecule has 0 spiro atoms. The molecule has 1 aromatic heterocycles. The highest BCUT2D eigenvalue weighted by Crippen LogP contribution is 2.21. The van der Waals surface area contributed by atoms with Gasteiger partial charge in [-0.25, -0.2) is 0 Å². The third-order valence-electron chi connectivity index (χ3n) is 2.77. The predicted octanol–water partition coefficient (Wildman–Crippen LogP) is 1.46. The van der Waals surface area contributed by atoms with Crippen LogP contribution in [0.4, 0.5) is 0 Å². The summed E-state index contributed by atoms with van der Waals surface area (Å²) in [7, 11) is 0. The number of hydrogen-bond acceptors (Lipinski definition) is 5. The molecule has 0 saturated carbocycles. The molecule has 5 heteroatoms. The Morgan fingerprint density at radius 1 is 1.50 bits per heavy atom. The van der Waals surface area contributed by atoms with Crippen LogP contribution in [0.15, 0.2) is 4.52 Å². The van der Waals surface area contributed by atoms with Crippen LogP contribution in [-0.2, 0) is 11.2 Å². The minimum absolute atomic E-state index is 0.252. The molecule has 90 valence electrons. The molecular formula is C11H19N3O2. The summed E-state index contributed by atoms with van der Waals surface area (Å²) in [6.07, 6.45) is 4.29. The number of hydrogen-bond donors (Lipinski definition) is 1. The van der Waals surface area contributed by atoms with E-state index in [0.717, 1.165) is 37.7 Å². The van der Waals surface area contributed by atoms with E-state index in [4.69, 9.17) is 9.26 Å². The van der Waals surface area contributed by atoms with Crippen LogP contribution in [0.1, 0.15) is 43.9 Å². The number of rotatable bonds is 5. The lowest BCUT2D eigenvalue weighted by molar-refractivity contribution is 0.149. The predicted molar refractivity (Wildman–Crippen MR) is 59.1 cm³/mol. The summed E-state index contributed by atoms with van der Waals surface area (Å²) in [5, 5.41) is 7.35. The maximum atomic E-state index is 5.26. The molecule has 1 N–H and O–H groups in total. The number of aromatic nitrogens is 2. The first kappa shape index (κ1) is 11.5. The molecule has 2 rings (SSSR count). The van der Waals surface area contributed by atoms with E-state index in [9.17, 15) is 0 Å². The van der Waals surface area contributed by atoms with E-state index in [1.54, 1.807) is 0 Å². The molecule has 0 radical (unpaired) electrons. The zero-order valence-electron chi connectivity index (χ0n) is 9.74. The van der Waals surface area contributed by atoms with E-state index >= 15 is 0 Å². The minimum atomic E-state index is 0.252. The van der Waals surface area contributed by atoms with Crippen molar-refractivity contribution in [3.05, 3.63) is 11.7 Å². The first-order chi connectivity index (χ1) is 7.90. The van der Waals surface area contributed by atoms with Crippen molar-refractivity contribution in [2.75, 3.05) is 19.8 Å². The average Bonchev–Trinajstić information content (AvgIpc) is 2.79. The van der Waals surface area contributed by atoms with Gasteiger partial charge in [-0.05, 0) is 26.3 Å². The lowest BCUT2D eigenvalue weighted by Gasteiger charge is -2.19. The van der Waals surface area contributed by atoms with E-state index in [2.05, 4.69) is 15.5 Å². The van der Waals surface area contributed by atoms with Crippen molar-refractivity contribution in [3.8, 4) is 0 Å². The molecule has 2 heterocycles. The molecule has 0 aromatic carbocycles. The van der Waals surface area contributed by atoms with Crippen LogP contribution < -0.4 is 5.32 Å². The van der Waals surface area contributed by atoms with Crippen LogP contribution in [0, 0.1) is 0 Å². The molecule has 0 aliphatic carbocycles. The van der Waals surface area contributed by atoms with Gasteiger partial charge in [0.05, 0.1) is 12.6 Å². The lowest BCUT2D eigenvalue weighted by Crippen LogP contribution is -2.27. The second kappa shape index (κ2) is 5.96. The fourth-order valence-electron chi connectivity index (χ4n) is 1.88. The molecule has 1 unspecified atom stereocenters. The van der Waals surface area contributed by atoms with Crippen LogP contribution in [0.25, 0.3) is 0 Å². The van der Waals surface area contributed by atoms with Gasteiger partial charge in [0.15, 0.2) is 5.82 Å². The van der Waals surface area contributed by atoms with Gasteiger partial charge >= 0.3 is 0 Å². The Morgan fingerprint density at radius 3 is 3.19 bits per heavy atom. The first-order valence-electron chi connectivity index (χ1n) is 6.03. The fraction of sp³-hybridized carbons (Fsp3) is 0.818. The quantitative estimate of drug-likeness (QED) is 0.769. The molecule has 1 saturated heterocycles. The zero-order valence-corrected chi connectivity index (χ0v) is 9.74. The van der Waals surface area contributed by atoms with Crippen molar-refractivity contribution < 1.29 is 9.26 Å². The highest BCUT2D eigenvalue weighted by molar-refractivity contribution is 4.94. The van der Waals surface area contributed by atoms with Crippen molar-refractivity contribution in [2.45, 2.75) is 38.6 Å². The van der Waals surface area contributed by atoms with Gasteiger partial charge in [0, 0.05) is 13.0 Å². The first-order valence-corrected chi connectivity index (χ1v) is 6.03. The molecule has 0 amide bonds. The Kier molecular flexibility index (Phi) is 4.30. The van der Waals surface area contributed by atoms with Crippen molar-refractivity contribution >= 4 is 0 Å². The molecular weight excluding hydrogens is 206 g/mol. The number of ether oxygens (including phenoxy) is 1. The zero-order chi connectivity index (χ0) is 11.2. The van der Waals surface area contributed by atoms with Gasteiger partial charge < -0.3 is 14.6 Å². The summed E-state index contributed by atoms with van der Waals surface area (Å²) in [4.78, 5) is 4.39. The van der Waals surface area contributed by atoms with Crippen LogP contribution in [0.3, 0.4) is 0 Å². The van der Waals surface area contributed by atoms with Crippen molar-refractivity contribution in [1.82, 2.24) is 15.5 Å². The number of nitrogens with zero attached hydrogens (tertiary/aromatic N) is 2. The van der Waals surface area contributed by atoms with Crippen LogP contribution >= 0.6 is 0 Å². The molecule has 16 heavy (non-hydrogen) atoms. The summed E-state index contributed by atoms with van der Waals surface area (Å²) in [6, 6.07) is 0.252. The lowest BCUT2D eigenvalue weighted by atomic mass is 10.1. The highest BCUT2D eigenvalue weighted by atomic mass is 16.5. The Morgan fingerprint density at radius 2 is 2.44 bits per heavy atom. The molecule has 0 bridgehead atoms. The Bertz CT molecular complexity index is 308. The molecule has 1 aliphatic heterocycles. The minimum Gasteiger partial charge on any atom is -0.381 e. The van der Waals surface area contributed by atoms with Gasteiger partial charge in [-0.15, -0.1) is 0 Å². The van der Waals surface area contributed by atoms with E-state index in [0.29, 0.717) is 6.61 Å². The standard InChI is InChI=1S/C11H19N3O2/c1-2-15-8-6-10-13-11(16-14-10)9-5-3-4-7-12-9/h9,12H,2-8H2,1H3. The van der Waals surface area contributed by atoms with Gasteiger partial charge in [0.1, 0.15) is 0 Å². The fourth-order valence-corrected chi connectivity index (χ4v) is 1.88. The van der Waals surface area contributed by atoms with Crippen LogP contribution in [-0.4, -0.2) is 29.9 Å². The van der Waals surface area contributed by atoms with Crippen molar-refractivity contribution in [3.63, 3.8) is 0 Å². The summed E-state index contributed by atoms with van der Waals surface area (Å²) in [5.74, 6) is 1.47. The second-order valence-corrected chi connectivity index (χ2v) is 4.00. The highest BCUT2D eigenvalue weighted by Gasteiger charge is 2.20. The van der Waals surface area contributed by atoms with Crippen molar-refractivity contribution in [2.24, 2.45) is 0 Å². The molecule has 5 nitrogen and oxygen atoms in total. The largest absolute Gasteiger partial charge is 0.381 e. The second-order valence-electron chi connectivity index (χ2n) is 4.00. The molecule has 1 fully saturated rings. The molecule has 1 aliphatic rings. The summed E-state index contributed by atoms with van der Waals surface area (Å²) in [5.41, 5.74) is 0. The van der Waals surface area contributed by atoms with Crippen LogP contribution in [0.5, 0.6) is 0 Å². The summed E-state index contributed by atoms with van der Waals surface area (Å²) in [6.45, 7) is 4.41. The molecule has 1 atom stereocenters. The Labute approximate surface area is 95.6 Å². The smallest absolute Gasteiger partial charge is 0.243 e. The van der Waals surface area contributed by atoms with Gasteiger partial charge in [0.2, 0.25) is 5.89 Å². The van der Waals surface area contributed by atoms with E-state index in [1.807, 2.05) is 6.92 Å². The Hall–Kier alpha value is -0.940. The maximum Gasteiger partial charge on any atom is 0.243 e. The monoisotopic (exact) mass is 225 g/mol. The van der Waals surface area contributed by atoms with Gasteiger partial charge in [-0.1, -0.05) is 11.6 Å². The molecule has 1 aromatic rings. The third-order valence-corrected chi connectivity index (χ3v) is 2.77. The Balaban J connectivity index is 1.85. The van der Waals surface area contributed by atoms with E-state index in [1.165, 1.54) is 12.8 Å². The van der Waals surface area contributed by atoms with Crippen molar-refractivity contribution in [1.29, 1.82) is 0 Å². The van der Waals surface area contributed by atoms with Gasteiger partial charge in [-0.3, -0.25) is 0 Å². The van der Waals surface area contributed by atoms with Gasteiger partial charge in [0.25, 0.3) is 0 Å². The van der Waals surface area contributed by atoms with Gasteiger partial charge in [-0.2, -0.15) is 4.98 Å². The average molecular weight is 225 g/mol. The van der Waals surface area contributed by atoms with E-state index in [-0.39, 0.29) is 6.04 Å². The SMILES string of the molecule is CCOCCc1noc(C2CCCCN2)n1. The van der Waals surface area contributed by atoms with E-state index < -0.39 is 0 Å². The number of nitrogens with one attached hydrogen (secondary N) is 1. The normalized spacial score (nSPS) is 21.2. The van der Waals surface area contributed by atoms with Crippen LogP contribution in [0.2, 0.25) is 0 Å². The maximum absolute atomic E-state index is 5.26.